The van der Waals surface area contributed by atoms with Crippen LogP contribution in [-0.2, 0) is 0 Å². The second-order valence-electron chi connectivity index (χ2n) is 2.94. The molecular formula is C10H7Cl2N3S. The molecule has 0 aromatic carbocycles. The van der Waals surface area contributed by atoms with Gasteiger partial charge in [0.15, 0.2) is 0 Å². The minimum Gasteiger partial charge on any atom is -0.397 e. The van der Waals surface area contributed by atoms with Gasteiger partial charge < -0.3 is 5.73 Å². The molecule has 0 aliphatic carbocycles. The Morgan fingerprint density at radius 1 is 1.19 bits per heavy atom. The molecule has 2 N–H and O–H groups in total. The van der Waals surface area contributed by atoms with Crippen LogP contribution < -0.4 is 5.73 Å². The molecule has 0 bridgehead atoms. The highest BCUT2D eigenvalue weighted by Crippen LogP contribution is 2.33. The molecule has 0 amide bonds. The van der Waals surface area contributed by atoms with Crippen molar-refractivity contribution in [3.63, 3.8) is 0 Å². The van der Waals surface area contributed by atoms with Gasteiger partial charge in [-0.1, -0.05) is 23.2 Å². The van der Waals surface area contributed by atoms with Crippen molar-refractivity contribution < 1.29 is 0 Å². The van der Waals surface area contributed by atoms with Crippen molar-refractivity contribution in [1.82, 2.24) is 9.97 Å². The highest BCUT2D eigenvalue weighted by Gasteiger charge is 2.08. The first-order chi connectivity index (χ1) is 7.66. The Labute approximate surface area is 107 Å². The molecule has 2 heterocycles. The Balaban J connectivity index is 2.31. The average Bonchev–Trinajstić information content (AvgIpc) is 2.25. The van der Waals surface area contributed by atoms with Crippen molar-refractivity contribution in [2.75, 3.05) is 5.73 Å². The maximum atomic E-state index is 6.00. The summed E-state index contributed by atoms with van der Waals surface area (Å²) in [5.74, 6) is 0. The summed E-state index contributed by atoms with van der Waals surface area (Å²) in [5, 5.41) is 2.31. The van der Waals surface area contributed by atoms with Gasteiger partial charge in [-0.25, -0.2) is 9.97 Å². The summed E-state index contributed by atoms with van der Waals surface area (Å²) in [7, 11) is 0. The average molecular weight is 272 g/mol. The van der Waals surface area contributed by atoms with Crippen LogP contribution >= 0.6 is 35.0 Å². The van der Waals surface area contributed by atoms with E-state index >= 15 is 0 Å². The fraction of sp³-hybridized carbons (Fsp3) is 0. The van der Waals surface area contributed by atoms with Crippen LogP contribution in [0.15, 0.2) is 40.6 Å². The van der Waals surface area contributed by atoms with E-state index in [0.29, 0.717) is 25.8 Å². The van der Waals surface area contributed by atoms with Crippen molar-refractivity contribution in [1.29, 1.82) is 0 Å². The molecule has 2 rings (SSSR count). The van der Waals surface area contributed by atoms with E-state index in [1.54, 1.807) is 24.4 Å². The highest BCUT2D eigenvalue weighted by atomic mass is 35.5. The lowest BCUT2D eigenvalue weighted by molar-refractivity contribution is 1.10. The van der Waals surface area contributed by atoms with Gasteiger partial charge in [-0.3, -0.25) is 0 Å². The molecule has 2 aromatic heterocycles. The highest BCUT2D eigenvalue weighted by molar-refractivity contribution is 7.99. The molecular weight excluding hydrogens is 265 g/mol. The summed E-state index contributed by atoms with van der Waals surface area (Å²) in [6.07, 6.45) is 3.21. The Bertz CT molecular complexity index is 519. The molecule has 0 atom stereocenters. The van der Waals surface area contributed by atoms with E-state index in [1.807, 2.05) is 0 Å². The molecule has 2 aromatic rings. The third-order valence-electron chi connectivity index (χ3n) is 1.77. The van der Waals surface area contributed by atoms with Gasteiger partial charge in [-0.15, -0.1) is 0 Å². The molecule has 82 valence electrons. The normalized spacial score (nSPS) is 10.4. The Morgan fingerprint density at radius 3 is 2.69 bits per heavy atom. The first-order valence-corrected chi connectivity index (χ1v) is 5.93. The zero-order valence-electron chi connectivity index (χ0n) is 8.02. The van der Waals surface area contributed by atoms with Gasteiger partial charge in [0, 0.05) is 12.4 Å². The van der Waals surface area contributed by atoms with E-state index in [-0.39, 0.29) is 0 Å². The molecule has 0 fully saturated rings. The van der Waals surface area contributed by atoms with E-state index in [4.69, 9.17) is 28.9 Å². The van der Waals surface area contributed by atoms with Crippen LogP contribution in [-0.4, -0.2) is 9.97 Å². The predicted octanol–water partition coefficient (Wildman–Crippen LogP) is 3.52. The van der Waals surface area contributed by atoms with Gasteiger partial charge in [0.2, 0.25) is 0 Å². The zero-order valence-corrected chi connectivity index (χ0v) is 10.4. The lowest BCUT2D eigenvalue weighted by atomic mass is 10.4. The van der Waals surface area contributed by atoms with E-state index < -0.39 is 0 Å². The minimum absolute atomic E-state index is 0.488. The van der Waals surface area contributed by atoms with Gasteiger partial charge >= 0.3 is 0 Å². The lowest BCUT2D eigenvalue weighted by Crippen LogP contribution is -1.91. The fourth-order valence-corrected chi connectivity index (χ4v) is 2.30. The Morgan fingerprint density at radius 2 is 2.00 bits per heavy atom. The molecule has 0 saturated carbocycles. The monoisotopic (exact) mass is 271 g/mol. The van der Waals surface area contributed by atoms with Crippen molar-refractivity contribution in [3.8, 4) is 0 Å². The second kappa shape index (κ2) is 4.91. The van der Waals surface area contributed by atoms with Crippen LogP contribution in [0.2, 0.25) is 10.0 Å². The van der Waals surface area contributed by atoms with E-state index in [9.17, 15) is 0 Å². The maximum Gasteiger partial charge on any atom is 0.125 e. The standard InChI is InChI=1S/C10H7Cl2N3S/c11-6-4-7(12)9(15-5-6)16-10-8(13)2-1-3-14-10/h1-5H,13H2. The topological polar surface area (TPSA) is 51.8 Å². The SMILES string of the molecule is Nc1cccnc1Sc1ncc(Cl)cc1Cl. The number of nitrogen functional groups attached to an aromatic ring is 1. The van der Waals surface area contributed by atoms with Gasteiger partial charge in [-0.2, -0.15) is 0 Å². The third kappa shape index (κ3) is 2.58. The molecule has 6 heteroatoms. The summed E-state index contributed by atoms with van der Waals surface area (Å²) in [6.45, 7) is 0. The Hall–Kier alpha value is -0.970. The number of hydrogen-bond donors (Lipinski definition) is 1. The fourth-order valence-electron chi connectivity index (χ4n) is 1.06. The third-order valence-corrected chi connectivity index (χ3v) is 3.43. The summed E-state index contributed by atoms with van der Waals surface area (Å²) in [5.41, 5.74) is 6.37. The van der Waals surface area contributed by atoms with Gasteiger partial charge in [-0.05, 0) is 30.0 Å². The van der Waals surface area contributed by atoms with E-state index in [2.05, 4.69) is 9.97 Å². The summed E-state index contributed by atoms with van der Waals surface area (Å²) >= 11 is 13.1. The van der Waals surface area contributed by atoms with Gasteiger partial charge in [0.1, 0.15) is 10.1 Å². The number of rotatable bonds is 2. The van der Waals surface area contributed by atoms with Crippen LogP contribution in [0.25, 0.3) is 0 Å². The van der Waals surface area contributed by atoms with E-state index in [0.717, 1.165) is 0 Å². The molecule has 0 aliphatic rings. The zero-order chi connectivity index (χ0) is 11.5. The summed E-state index contributed by atoms with van der Waals surface area (Å²) in [4.78, 5) is 8.26. The quantitative estimate of drug-likeness (QED) is 0.908. The molecule has 0 aliphatic heterocycles. The molecule has 0 saturated heterocycles. The largest absolute Gasteiger partial charge is 0.397 e. The number of aromatic nitrogens is 2. The first kappa shape index (κ1) is 11.5. The van der Waals surface area contributed by atoms with Crippen LogP contribution in [0.3, 0.4) is 0 Å². The lowest BCUT2D eigenvalue weighted by Gasteiger charge is -2.04. The number of anilines is 1. The van der Waals surface area contributed by atoms with Crippen LogP contribution in [0, 0.1) is 0 Å². The Kier molecular flexibility index (Phi) is 3.53. The molecule has 0 radical (unpaired) electrons. The number of nitrogens with two attached hydrogens (primary N) is 1. The first-order valence-electron chi connectivity index (χ1n) is 4.36. The molecule has 0 spiro atoms. The van der Waals surface area contributed by atoms with Crippen molar-refractivity contribution in [2.24, 2.45) is 0 Å². The molecule has 16 heavy (non-hydrogen) atoms. The van der Waals surface area contributed by atoms with Crippen molar-refractivity contribution in [2.45, 2.75) is 10.1 Å². The maximum absolute atomic E-state index is 6.00. The molecule has 3 nitrogen and oxygen atoms in total. The van der Waals surface area contributed by atoms with Gasteiger partial charge in [0.05, 0.1) is 15.7 Å². The predicted molar refractivity (Wildman–Crippen MR) is 67.0 cm³/mol. The van der Waals surface area contributed by atoms with Gasteiger partial charge in [0.25, 0.3) is 0 Å². The second-order valence-corrected chi connectivity index (χ2v) is 4.76. The number of hydrogen-bond acceptors (Lipinski definition) is 4. The van der Waals surface area contributed by atoms with Crippen molar-refractivity contribution in [3.05, 3.63) is 40.6 Å². The van der Waals surface area contributed by atoms with Crippen molar-refractivity contribution >= 4 is 40.7 Å². The van der Waals surface area contributed by atoms with Crippen LogP contribution in [0.4, 0.5) is 5.69 Å². The minimum atomic E-state index is 0.488. The number of pyridine rings is 2. The summed E-state index contributed by atoms with van der Waals surface area (Å²) in [6, 6.07) is 5.19. The number of nitrogens with zero attached hydrogens (tertiary/aromatic N) is 2. The van der Waals surface area contributed by atoms with Crippen LogP contribution in [0.1, 0.15) is 0 Å². The van der Waals surface area contributed by atoms with Crippen LogP contribution in [0.5, 0.6) is 0 Å². The van der Waals surface area contributed by atoms with E-state index in [1.165, 1.54) is 18.0 Å². The summed E-state index contributed by atoms with van der Waals surface area (Å²) < 4.78 is 0. The molecule has 0 unspecified atom stereocenters. The number of halogens is 2. The smallest absolute Gasteiger partial charge is 0.125 e.